The number of pyridine rings is 3. The molecule has 9 nitrogen and oxygen atoms in total. The number of rotatable bonds is 3. The van der Waals surface area contributed by atoms with Crippen LogP contribution in [-0.4, -0.2) is 51.6 Å². The number of nitrogens with two attached hydrogens (primary N) is 1. The van der Waals surface area contributed by atoms with Gasteiger partial charge < -0.3 is 30.4 Å². The van der Waals surface area contributed by atoms with E-state index in [9.17, 15) is 22.4 Å². The number of aromatic nitrogens is 3. The van der Waals surface area contributed by atoms with Crippen molar-refractivity contribution >= 4 is 22.3 Å². The van der Waals surface area contributed by atoms with Crippen molar-refractivity contribution in [3.05, 3.63) is 57.6 Å². The number of fused-ring (bicyclic) bond motifs is 5. The summed E-state index contributed by atoms with van der Waals surface area (Å²) in [7, 11) is 0. The van der Waals surface area contributed by atoms with E-state index in [1.165, 1.54) is 6.92 Å². The van der Waals surface area contributed by atoms with E-state index in [4.69, 9.17) is 15.5 Å². The highest BCUT2D eigenvalue weighted by Crippen LogP contribution is 2.49. The summed E-state index contributed by atoms with van der Waals surface area (Å²) in [6.07, 6.45) is -4.31. The molecular weight excluding hydrogens is 606 g/mol. The number of halogens is 6. The van der Waals surface area contributed by atoms with Gasteiger partial charge >= 0.3 is 6.36 Å². The molecule has 2 saturated heterocycles. The highest BCUT2D eigenvalue weighted by Gasteiger charge is 2.51. The zero-order chi connectivity index (χ0) is 32.2. The van der Waals surface area contributed by atoms with Crippen molar-refractivity contribution in [2.24, 2.45) is 0 Å². The second kappa shape index (κ2) is 9.73. The van der Waals surface area contributed by atoms with E-state index in [0.717, 1.165) is 31.0 Å². The molecule has 2 bridgehead atoms. The molecule has 4 N–H and O–H groups in total. The Morgan fingerprint density at radius 2 is 1.87 bits per heavy atom. The minimum absolute atomic E-state index is 0.0265. The van der Waals surface area contributed by atoms with Crippen molar-refractivity contribution in [1.82, 2.24) is 20.3 Å². The molecule has 2 fully saturated rings. The molecule has 3 aromatic heterocycles. The first-order valence-corrected chi connectivity index (χ1v) is 14.1. The first kappa shape index (κ1) is 29.2. The highest BCUT2D eigenvalue weighted by atomic mass is 19.4. The summed E-state index contributed by atoms with van der Waals surface area (Å²) in [5.41, 5.74) is 2.63. The van der Waals surface area contributed by atoms with Crippen LogP contribution in [0.3, 0.4) is 0 Å². The van der Waals surface area contributed by atoms with Gasteiger partial charge in [0.2, 0.25) is 11.4 Å². The number of nitrogens with one attached hydrogen (secondary N) is 2. The number of hydrogen-bond acceptors (Lipinski definition) is 8. The van der Waals surface area contributed by atoms with Crippen LogP contribution in [0.5, 0.6) is 11.6 Å². The molecule has 4 aromatic rings. The number of aromatic amines is 1. The fourth-order valence-corrected chi connectivity index (χ4v) is 7.01. The predicted octanol–water partition coefficient (Wildman–Crippen LogP) is 5.34. The van der Waals surface area contributed by atoms with Crippen LogP contribution in [0.2, 0.25) is 0 Å². The van der Waals surface area contributed by atoms with Gasteiger partial charge in [-0.2, -0.15) is 0 Å². The minimum Gasteiger partial charge on any atom is -0.472 e. The van der Waals surface area contributed by atoms with Crippen molar-refractivity contribution in [3.63, 3.8) is 0 Å². The summed E-state index contributed by atoms with van der Waals surface area (Å²) in [5, 5.41) is 3.49. The van der Waals surface area contributed by atoms with E-state index in [0.29, 0.717) is 12.6 Å². The van der Waals surface area contributed by atoms with E-state index < -0.39 is 52.5 Å². The van der Waals surface area contributed by atoms with Gasteiger partial charge in [0.1, 0.15) is 29.1 Å². The lowest BCUT2D eigenvalue weighted by Gasteiger charge is -2.46. The number of hydrogen-bond donors (Lipinski definition) is 3. The van der Waals surface area contributed by atoms with Gasteiger partial charge in [-0.3, -0.25) is 4.79 Å². The van der Waals surface area contributed by atoms with Crippen LogP contribution < -0.4 is 31.0 Å². The summed E-state index contributed by atoms with van der Waals surface area (Å²) in [5.74, 6) is -4.83. The monoisotopic (exact) mass is 632 g/mol. The maximum atomic E-state index is 16.9. The van der Waals surface area contributed by atoms with Gasteiger partial charge in [0.25, 0.3) is 0 Å². The van der Waals surface area contributed by atoms with E-state index >= 15 is 8.78 Å². The smallest absolute Gasteiger partial charge is 0.472 e. The number of benzene rings is 1. The Morgan fingerprint density at radius 3 is 2.60 bits per heavy atom. The molecule has 236 valence electrons. The molecule has 3 aliphatic heterocycles. The molecule has 4 atom stereocenters. The van der Waals surface area contributed by atoms with Crippen LogP contribution in [0.15, 0.2) is 29.1 Å². The number of ether oxygens (including phenoxy) is 2. The second-order valence-corrected chi connectivity index (χ2v) is 12.0. The summed E-state index contributed by atoms with van der Waals surface area (Å²) < 4.78 is 97.6. The fraction of sp³-hybridized carbons (Fsp3) is 0.367. The number of anilines is 2. The summed E-state index contributed by atoms with van der Waals surface area (Å²) in [6, 6.07) is 3.02. The lowest BCUT2D eigenvalue weighted by molar-refractivity contribution is -0.275. The van der Waals surface area contributed by atoms with Gasteiger partial charge in [-0.1, -0.05) is 0 Å². The standard InChI is InChI=1S/C30H26F6N6O3/c1-11-19-20-27(39-22(11)24-15(31)4-5-18(43)38-24)42-10-29(3)7-6-17(41-29)25(42)12(2)44-28(20)40-23(21(19)33)14-8-13(37)9-16(32)26(14)45-30(34,35)36/h4-5,8-9,12,17,25,41H,6-7,10,37H2,1-3H3,(H,38,43)/t12-,17-,25+,29+/m0/s1. The Hall–Kier alpha value is -4.53. The van der Waals surface area contributed by atoms with E-state index in [1.807, 2.05) is 11.8 Å². The van der Waals surface area contributed by atoms with Gasteiger partial charge in [-0.25, -0.2) is 23.1 Å². The Morgan fingerprint density at radius 1 is 1.11 bits per heavy atom. The molecule has 0 unspecified atom stereocenters. The van der Waals surface area contributed by atoms with Crippen LogP contribution in [0, 0.1) is 24.4 Å². The van der Waals surface area contributed by atoms with Crippen LogP contribution in [0.4, 0.5) is 37.8 Å². The number of piperazine rings is 1. The average Bonchev–Trinajstić information content (AvgIpc) is 3.20. The van der Waals surface area contributed by atoms with E-state index in [2.05, 4.69) is 20.0 Å². The molecule has 0 aliphatic carbocycles. The Balaban J connectivity index is 1.59. The minimum atomic E-state index is -5.34. The van der Waals surface area contributed by atoms with Crippen molar-refractivity contribution in [1.29, 1.82) is 0 Å². The van der Waals surface area contributed by atoms with Crippen LogP contribution in [-0.2, 0) is 0 Å². The van der Waals surface area contributed by atoms with E-state index in [-0.39, 0.29) is 62.7 Å². The van der Waals surface area contributed by atoms with Crippen LogP contribution >= 0.6 is 0 Å². The normalized spacial score (nSPS) is 23.9. The molecule has 6 heterocycles. The van der Waals surface area contributed by atoms with Gasteiger partial charge in [0, 0.05) is 41.3 Å². The molecule has 1 aromatic carbocycles. The Bertz CT molecular complexity index is 1970. The number of H-pyrrole nitrogens is 1. The van der Waals surface area contributed by atoms with Crippen LogP contribution in [0.25, 0.3) is 33.4 Å². The zero-order valence-corrected chi connectivity index (χ0v) is 24.1. The van der Waals surface area contributed by atoms with Crippen molar-refractivity contribution < 1.29 is 35.8 Å². The third-order valence-electron chi connectivity index (χ3n) is 8.80. The first-order chi connectivity index (χ1) is 21.1. The number of alkyl halides is 3. The molecule has 45 heavy (non-hydrogen) atoms. The zero-order valence-electron chi connectivity index (χ0n) is 24.1. The SMILES string of the molecule is Cc1c(-c2[nH]c(=O)ccc2F)nc2c3c(nc(-c4cc(N)cc(F)c4OC(F)(F)F)c(F)c13)O[C@@H](C)[C@@H]1[C@@H]3CC[C@](C)(CN21)N3. The van der Waals surface area contributed by atoms with Gasteiger partial charge in [-0.15, -0.1) is 13.2 Å². The van der Waals surface area contributed by atoms with Gasteiger partial charge in [0.05, 0.1) is 22.7 Å². The van der Waals surface area contributed by atoms with Crippen molar-refractivity contribution in [3.8, 4) is 34.3 Å². The Labute approximate surface area is 251 Å². The topological polar surface area (TPSA) is 118 Å². The maximum absolute atomic E-state index is 16.9. The number of nitrogens with zero attached hydrogens (tertiary/aromatic N) is 3. The quantitative estimate of drug-likeness (QED) is 0.205. The fourth-order valence-electron chi connectivity index (χ4n) is 7.01. The van der Waals surface area contributed by atoms with Gasteiger partial charge in [0.15, 0.2) is 17.4 Å². The molecule has 0 radical (unpaired) electrons. The van der Waals surface area contributed by atoms with Gasteiger partial charge in [-0.05, 0) is 51.3 Å². The average molecular weight is 633 g/mol. The third kappa shape index (κ3) is 4.62. The summed E-state index contributed by atoms with van der Waals surface area (Å²) >= 11 is 0. The molecule has 15 heteroatoms. The van der Waals surface area contributed by atoms with Crippen LogP contribution in [0.1, 0.15) is 32.3 Å². The van der Waals surface area contributed by atoms with E-state index in [1.54, 1.807) is 6.92 Å². The first-order valence-electron chi connectivity index (χ1n) is 14.1. The highest BCUT2D eigenvalue weighted by molar-refractivity contribution is 6.03. The lowest BCUT2D eigenvalue weighted by Crippen LogP contribution is -2.66. The summed E-state index contributed by atoms with van der Waals surface area (Å²) in [4.78, 5) is 25.8. The molecule has 7 rings (SSSR count). The summed E-state index contributed by atoms with van der Waals surface area (Å²) in [6.45, 7) is 5.65. The molecular formula is C30H26F6N6O3. The molecule has 0 amide bonds. The predicted molar refractivity (Wildman–Crippen MR) is 153 cm³/mol. The van der Waals surface area contributed by atoms with Crippen molar-refractivity contribution in [2.45, 2.75) is 63.7 Å². The number of aryl methyl sites for hydroxylation is 1. The maximum Gasteiger partial charge on any atom is 0.573 e. The van der Waals surface area contributed by atoms with Crippen molar-refractivity contribution in [2.75, 3.05) is 17.2 Å². The largest absolute Gasteiger partial charge is 0.573 e. The molecule has 3 aliphatic rings. The second-order valence-electron chi connectivity index (χ2n) is 12.0. The Kier molecular flexibility index (Phi) is 6.31. The number of nitrogen functional groups attached to an aromatic ring is 1. The third-order valence-corrected chi connectivity index (χ3v) is 8.80. The lowest BCUT2D eigenvalue weighted by atomic mass is 9.95. The molecule has 0 spiro atoms. The molecule has 0 saturated carbocycles.